The second kappa shape index (κ2) is 7.80. The third-order valence-electron chi connectivity index (χ3n) is 3.55. The zero-order valence-corrected chi connectivity index (χ0v) is 13.1. The van der Waals surface area contributed by atoms with Gasteiger partial charge in [0.1, 0.15) is 0 Å². The molecule has 0 heterocycles. The first-order valence-electron chi connectivity index (χ1n) is 7.26. The van der Waals surface area contributed by atoms with Crippen LogP contribution in [0.15, 0.2) is 24.3 Å². The molecule has 114 valence electrons. The maximum absolute atomic E-state index is 10.8. The van der Waals surface area contributed by atoms with Crippen LogP contribution in [0, 0.1) is 16.7 Å². The molecule has 0 amide bonds. The van der Waals surface area contributed by atoms with Crippen molar-refractivity contribution in [2.24, 2.45) is 5.41 Å². The number of carboxylic acid groups (broad SMARTS) is 1. The van der Waals surface area contributed by atoms with Gasteiger partial charge in [0.15, 0.2) is 0 Å². The van der Waals surface area contributed by atoms with Crippen molar-refractivity contribution in [1.29, 1.82) is 5.26 Å². The summed E-state index contributed by atoms with van der Waals surface area (Å²) in [4.78, 5) is 13.0. The Kier molecular flexibility index (Phi) is 6.39. The predicted octanol–water partition coefficient (Wildman–Crippen LogP) is 3.54. The third-order valence-corrected chi connectivity index (χ3v) is 3.55. The van der Waals surface area contributed by atoms with E-state index in [1.54, 1.807) is 12.1 Å². The van der Waals surface area contributed by atoms with Gasteiger partial charge in [-0.05, 0) is 58.0 Å². The SMILES string of the molecule is CN(CCCCC(C)(C)C#N)Cc1ccc(C(=O)O)cc1. The molecule has 0 aliphatic heterocycles. The highest BCUT2D eigenvalue weighted by atomic mass is 16.4. The highest BCUT2D eigenvalue weighted by molar-refractivity contribution is 5.87. The first kappa shape index (κ1) is 17.2. The fourth-order valence-electron chi connectivity index (χ4n) is 2.15. The molecule has 0 atom stereocenters. The molecule has 0 aliphatic carbocycles. The molecule has 4 nitrogen and oxygen atoms in total. The molecule has 1 rings (SSSR count). The quantitative estimate of drug-likeness (QED) is 0.743. The summed E-state index contributed by atoms with van der Waals surface area (Å²) in [7, 11) is 2.06. The number of carbonyl (C=O) groups is 1. The minimum absolute atomic E-state index is 0.231. The molecule has 0 aliphatic rings. The van der Waals surface area contributed by atoms with E-state index in [2.05, 4.69) is 18.0 Å². The van der Waals surface area contributed by atoms with E-state index in [9.17, 15) is 4.79 Å². The molecule has 1 aromatic rings. The molecule has 0 aromatic heterocycles. The summed E-state index contributed by atoms with van der Waals surface area (Å²) in [6.07, 6.45) is 3.03. The second-order valence-corrected chi connectivity index (χ2v) is 6.19. The number of benzene rings is 1. The van der Waals surface area contributed by atoms with Gasteiger partial charge in [-0.25, -0.2) is 4.79 Å². The molecule has 1 aromatic carbocycles. The standard InChI is InChI=1S/C17H24N2O2/c1-17(2,13-18)10-4-5-11-19(3)12-14-6-8-15(9-7-14)16(20)21/h6-9H,4-5,10-12H2,1-3H3,(H,20,21). The van der Waals surface area contributed by atoms with E-state index in [1.807, 2.05) is 26.0 Å². The Morgan fingerprint density at radius 3 is 2.43 bits per heavy atom. The van der Waals surface area contributed by atoms with E-state index in [0.29, 0.717) is 5.56 Å². The summed E-state index contributed by atoms with van der Waals surface area (Å²) in [6.45, 7) is 5.73. The number of hydrogen-bond donors (Lipinski definition) is 1. The van der Waals surface area contributed by atoms with Gasteiger partial charge < -0.3 is 10.0 Å². The first-order valence-corrected chi connectivity index (χ1v) is 7.26. The lowest BCUT2D eigenvalue weighted by molar-refractivity contribution is 0.0697. The predicted molar refractivity (Wildman–Crippen MR) is 83.0 cm³/mol. The highest BCUT2D eigenvalue weighted by Gasteiger charge is 2.15. The zero-order valence-electron chi connectivity index (χ0n) is 13.1. The van der Waals surface area contributed by atoms with Crippen LogP contribution in [0.2, 0.25) is 0 Å². The Labute approximate surface area is 127 Å². The molecule has 0 fully saturated rings. The molecule has 0 saturated heterocycles. The van der Waals surface area contributed by atoms with Gasteiger partial charge in [0.25, 0.3) is 0 Å². The molecular formula is C17H24N2O2. The van der Waals surface area contributed by atoms with Gasteiger partial charge in [0.2, 0.25) is 0 Å². The van der Waals surface area contributed by atoms with Crippen LogP contribution in [0.25, 0.3) is 0 Å². The molecule has 4 heteroatoms. The lowest BCUT2D eigenvalue weighted by Gasteiger charge is -2.18. The minimum Gasteiger partial charge on any atom is -0.478 e. The van der Waals surface area contributed by atoms with Crippen molar-refractivity contribution in [3.63, 3.8) is 0 Å². The van der Waals surface area contributed by atoms with E-state index in [-0.39, 0.29) is 5.41 Å². The maximum atomic E-state index is 10.8. The van der Waals surface area contributed by atoms with Crippen LogP contribution < -0.4 is 0 Å². The van der Waals surface area contributed by atoms with Gasteiger partial charge in [-0.3, -0.25) is 0 Å². The Balaban J connectivity index is 2.32. The van der Waals surface area contributed by atoms with Crippen molar-refractivity contribution in [3.05, 3.63) is 35.4 Å². The number of unbranched alkanes of at least 4 members (excludes halogenated alkanes) is 1. The molecule has 0 radical (unpaired) electrons. The Bertz CT molecular complexity index is 501. The van der Waals surface area contributed by atoms with Gasteiger partial charge in [0, 0.05) is 6.54 Å². The summed E-state index contributed by atoms with van der Waals surface area (Å²) in [5, 5.41) is 17.8. The second-order valence-electron chi connectivity index (χ2n) is 6.19. The van der Waals surface area contributed by atoms with Crippen LogP contribution in [-0.4, -0.2) is 29.6 Å². The van der Waals surface area contributed by atoms with Gasteiger partial charge in [-0.2, -0.15) is 5.26 Å². The summed E-state index contributed by atoms with van der Waals surface area (Å²) < 4.78 is 0. The number of hydrogen-bond acceptors (Lipinski definition) is 3. The monoisotopic (exact) mass is 288 g/mol. The minimum atomic E-state index is -0.894. The highest BCUT2D eigenvalue weighted by Crippen LogP contribution is 2.21. The van der Waals surface area contributed by atoms with Crippen molar-refractivity contribution in [3.8, 4) is 6.07 Å². The lowest BCUT2D eigenvalue weighted by atomic mass is 9.89. The first-order chi connectivity index (χ1) is 9.84. The number of nitriles is 1. The fourth-order valence-corrected chi connectivity index (χ4v) is 2.15. The van der Waals surface area contributed by atoms with E-state index in [1.165, 1.54) is 0 Å². The molecule has 0 saturated carbocycles. The normalized spacial score (nSPS) is 11.4. The van der Waals surface area contributed by atoms with E-state index < -0.39 is 5.97 Å². The van der Waals surface area contributed by atoms with Gasteiger partial charge in [0.05, 0.1) is 17.0 Å². The maximum Gasteiger partial charge on any atom is 0.335 e. The number of aromatic carboxylic acids is 1. The lowest BCUT2D eigenvalue weighted by Crippen LogP contribution is -2.19. The van der Waals surface area contributed by atoms with E-state index in [4.69, 9.17) is 10.4 Å². The third kappa shape index (κ3) is 6.42. The van der Waals surface area contributed by atoms with Gasteiger partial charge in [-0.15, -0.1) is 0 Å². The number of rotatable bonds is 8. The summed E-state index contributed by atoms with van der Waals surface area (Å²) in [5.41, 5.74) is 1.20. The Morgan fingerprint density at radius 1 is 1.29 bits per heavy atom. The molecule has 21 heavy (non-hydrogen) atoms. The van der Waals surface area contributed by atoms with Crippen molar-refractivity contribution >= 4 is 5.97 Å². The summed E-state index contributed by atoms with van der Waals surface area (Å²) >= 11 is 0. The van der Waals surface area contributed by atoms with Crippen LogP contribution in [0.5, 0.6) is 0 Å². The average Bonchev–Trinajstić information content (AvgIpc) is 2.44. The van der Waals surface area contributed by atoms with Crippen LogP contribution in [-0.2, 0) is 6.54 Å². The largest absolute Gasteiger partial charge is 0.478 e. The fraction of sp³-hybridized carbons (Fsp3) is 0.529. The topological polar surface area (TPSA) is 64.3 Å². The molecule has 0 unspecified atom stereocenters. The molecule has 0 bridgehead atoms. The van der Waals surface area contributed by atoms with Crippen LogP contribution in [0.3, 0.4) is 0 Å². The van der Waals surface area contributed by atoms with Gasteiger partial charge in [-0.1, -0.05) is 18.6 Å². The van der Waals surface area contributed by atoms with Gasteiger partial charge >= 0.3 is 5.97 Å². The molecule has 0 spiro atoms. The van der Waals surface area contributed by atoms with Crippen molar-refractivity contribution < 1.29 is 9.90 Å². The summed E-state index contributed by atoms with van der Waals surface area (Å²) in [5.74, 6) is -0.894. The molecule has 1 N–H and O–H groups in total. The number of nitrogens with zero attached hydrogens (tertiary/aromatic N) is 2. The zero-order chi connectivity index (χ0) is 15.9. The molecular weight excluding hydrogens is 264 g/mol. The average molecular weight is 288 g/mol. The smallest absolute Gasteiger partial charge is 0.335 e. The van der Waals surface area contributed by atoms with Crippen molar-refractivity contribution in [2.75, 3.05) is 13.6 Å². The Morgan fingerprint density at radius 2 is 1.90 bits per heavy atom. The van der Waals surface area contributed by atoms with Crippen LogP contribution in [0.1, 0.15) is 49.0 Å². The van der Waals surface area contributed by atoms with Crippen molar-refractivity contribution in [2.45, 2.75) is 39.7 Å². The van der Waals surface area contributed by atoms with E-state index in [0.717, 1.165) is 37.9 Å². The number of carboxylic acids is 1. The van der Waals surface area contributed by atoms with Crippen LogP contribution >= 0.6 is 0 Å². The summed E-state index contributed by atoms with van der Waals surface area (Å²) in [6, 6.07) is 9.32. The van der Waals surface area contributed by atoms with Crippen LogP contribution in [0.4, 0.5) is 0 Å². The van der Waals surface area contributed by atoms with Crippen molar-refractivity contribution in [1.82, 2.24) is 4.90 Å². The van der Waals surface area contributed by atoms with E-state index >= 15 is 0 Å². The Hall–Kier alpha value is -1.86.